The molecule has 0 spiro atoms. The Morgan fingerprint density at radius 1 is 1.04 bits per heavy atom. The highest BCUT2D eigenvalue weighted by Gasteiger charge is 2.22. The van der Waals surface area contributed by atoms with E-state index in [9.17, 15) is 0 Å². The number of nitrogens with zero attached hydrogens (tertiary/aromatic N) is 8. The van der Waals surface area contributed by atoms with Gasteiger partial charge in [0.25, 0.3) is 5.82 Å². The summed E-state index contributed by atoms with van der Waals surface area (Å²) in [5.41, 5.74) is 2.73. The highest BCUT2D eigenvalue weighted by Crippen LogP contribution is 2.23. The van der Waals surface area contributed by atoms with Gasteiger partial charge in [0.2, 0.25) is 5.95 Å². The molecule has 1 aromatic carbocycles. The van der Waals surface area contributed by atoms with Crippen molar-refractivity contribution < 1.29 is 0 Å². The van der Waals surface area contributed by atoms with Gasteiger partial charge in [-0.3, -0.25) is 4.98 Å². The van der Waals surface area contributed by atoms with Crippen molar-refractivity contribution in [2.45, 2.75) is 13.1 Å². The van der Waals surface area contributed by atoms with E-state index in [0.717, 1.165) is 28.0 Å². The second-order valence-corrected chi connectivity index (χ2v) is 6.27. The first-order valence-electron chi connectivity index (χ1n) is 8.57. The fraction of sp³-hybridized carbons (Fsp3) is 0.158. The van der Waals surface area contributed by atoms with E-state index < -0.39 is 0 Å². The minimum Gasteiger partial charge on any atom is -0.331 e. The molecular formula is C19H14N8. The SMILES string of the molecule is N#Cc1nc2n(n1)CCN(c1nccc(-c3cnc4ccccc4c3)n1)C2. The van der Waals surface area contributed by atoms with E-state index in [1.807, 2.05) is 47.5 Å². The number of fused-ring (bicyclic) bond motifs is 2. The maximum atomic E-state index is 8.97. The molecule has 0 saturated carbocycles. The van der Waals surface area contributed by atoms with Gasteiger partial charge in [-0.2, -0.15) is 5.26 Å². The molecule has 0 N–H and O–H groups in total. The van der Waals surface area contributed by atoms with E-state index in [1.165, 1.54) is 0 Å². The maximum Gasteiger partial charge on any atom is 0.252 e. The quantitative estimate of drug-likeness (QED) is 0.544. The Bertz CT molecular complexity index is 1190. The molecule has 4 aromatic rings. The number of hydrogen-bond acceptors (Lipinski definition) is 7. The topological polar surface area (TPSA) is 96.4 Å². The van der Waals surface area contributed by atoms with Gasteiger partial charge in [0, 0.05) is 29.9 Å². The largest absolute Gasteiger partial charge is 0.331 e. The number of nitriles is 1. The highest BCUT2D eigenvalue weighted by atomic mass is 15.4. The van der Waals surface area contributed by atoms with Crippen molar-refractivity contribution in [2.24, 2.45) is 0 Å². The van der Waals surface area contributed by atoms with Crippen LogP contribution in [0.1, 0.15) is 11.6 Å². The third-order valence-corrected chi connectivity index (χ3v) is 4.57. The molecule has 0 fully saturated rings. The van der Waals surface area contributed by atoms with Gasteiger partial charge in [0.05, 0.1) is 24.3 Å². The van der Waals surface area contributed by atoms with Gasteiger partial charge in [-0.15, -0.1) is 5.10 Å². The lowest BCUT2D eigenvalue weighted by molar-refractivity contribution is 0.506. The molecule has 4 heterocycles. The normalized spacial score (nSPS) is 13.4. The van der Waals surface area contributed by atoms with Crippen LogP contribution in [0.25, 0.3) is 22.2 Å². The van der Waals surface area contributed by atoms with E-state index in [4.69, 9.17) is 10.2 Å². The number of para-hydroxylation sites is 1. The number of hydrogen-bond donors (Lipinski definition) is 0. The number of benzene rings is 1. The van der Waals surface area contributed by atoms with Crippen molar-refractivity contribution in [3.8, 4) is 17.3 Å². The summed E-state index contributed by atoms with van der Waals surface area (Å²) in [5, 5.41) is 14.2. The zero-order valence-electron chi connectivity index (χ0n) is 14.3. The first-order valence-corrected chi connectivity index (χ1v) is 8.57. The van der Waals surface area contributed by atoms with Gasteiger partial charge in [0.15, 0.2) is 0 Å². The molecule has 1 aliphatic heterocycles. The summed E-state index contributed by atoms with van der Waals surface area (Å²) in [5.74, 6) is 1.58. The lowest BCUT2D eigenvalue weighted by Gasteiger charge is -2.26. The number of aromatic nitrogens is 6. The van der Waals surface area contributed by atoms with Gasteiger partial charge < -0.3 is 4.90 Å². The predicted octanol–water partition coefficient (Wildman–Crippen LogP) is 2.18. The summed E-state index contributed by atoms with van der Waals surface area (Å²) in [4.78, 5) is 20.0. The van der Waals surface area contributed by atoms with Gasteiger partial charge in [-0.1, -0.05) is 18.2 Å². The van der Waals surface area contributed by atoms with Crippen molar-refractivity contribution in [1.82, 2.24) is 29.7 Å². The molecular weight excluding hydrogens is 340 g/mol. The van der Waals surface area contributed by atoms with Gasteiger partial charge in [-0.25, -0.2) is 19.6 Å². The van der Waals surface area contributed by atoms with Crippen LogP contribution in [-0.2, 0) is 13.1 Å². The second-order valence-electron chi connectivity index (χ2n) is 6.27. The molecule has 0 unspecified atom stereocenters. The molecule has 3 aromatic heterocycles. The Morgan fingerprint density at radius 3 is 2.89 bits per heavy atom. The number of pyridine rings is 1. The molecule has 0 atom stereocenters. The fourth-order valence-electron chi connectivity index (χ4n) is 3.23. The van der Waals surface area contributed by atoms with Crippen molar-refractivity contribution >= 4 is 16.9 Å². The lowest BCUT2D eigenvalue weighted by Crippen LogP contribution is -2.35. The van der Waals surface area contributed by atoms with E-state index >= 15 is 0 Å². The molecule has 27 heavy (non-hydrogen) atoms. The van der Waals surface area contributed by atoms with Gasteiger partial charge >= 0.3 is 0 Å². The zero-order valence-corrected chi connectivity index (χ0v) is 14.3. The van der Waals surface area contributed by atoms with Crippen LogP contribution in [0.3, 0.4) is 0 Å². The van der Waals surface area contributed by atoms with Crippen LogP contribution in [0, 0.1) is 11.3 Å². The van der Waals surface area contributed by atoms with Crippen molar-refractivity contribution in [3.63, 3.8) is 0 Å². The molecule has 0 bridgehead atoms. The summed E-state index contributed by atoms with van der Waals surface area (Å²) in [7, 11) is 0. The average Bonchev–Trinajstić information content (AvgIpc) is 3.16. The summed E-state index contributed by atoms with van der Waals surface area (Å²) in [6, 6.07) is 14.0. The summed E-state index contributed by atoms with van der Waals surface area (Å²) >= 11 is 0. The Labute approximate surface area is 154 Å². The number of anilines is 1. The summed E-state index contributed by atoms with van der Waals surface area (Å²) in [6.45, 7) is 1.88. The Morgan fingerprint density at radius 2 is 1.96 bits per heavy atom. The maximum absolute atomic E-state index is 8.97. The Hall–Kier alpha value is -3.86. The molecule has 0 saturated heterocycles. The van der Waals surface area contributed by atoms with Crippen molar-refractivity contribution in [2.75, 3.05) is 11.4 Å². The van der Waals surface area contributed by atoms with Crippen LogP contribution < -0.4 is 4.90 Å². The zero-order chi connectivity index (χ0) is 18.2. The van der Waals surface area contributed by atoms with Gasteiger partial charge in [0.1, 0.15) is 11.9 Å². The van der Waals surface area contributed by atoms with E-state index in [2.05, 4.69) is 26.1 Å². The summed E-state index contributed by atoms with van der Waals surface area (Å²) < 4.78 is 1.77. The van der Waals surface area contributed by atoms with Crippen LogP contribution in [-0.4, -0.2) is 36.3 Å². The van der Waals surface area contributed by atoms with Crippen LogP contribution in [0.5, 0.6) is 0 Å². The molecule has 0 amide bonds. The average molecular weight is 354 g/mol. The van der Waals surface area contributed by atoms with Crippen molar-refractivity contribution in [1.29, 1.82) is 5.26 Å². The van der Waals surface area contributed by atoms with Crippen LogP contribution in [0.4, 0.5) is 5.95 Å². The Kier molecular flexibility index (Phi) is 3.50. The molecule has 5 rings (SSSR count). The monoisotopic (exact) mass is 354 g/mol. The molecule has 1 aliphatic rings. The van der Waals surface area contributed by atoms with Crippen molar-refractivity contribution in [3.05, 3.63) is 60.4 Å². The standard InChI is InChI=1S/C19H14N8/c20-10-17-24-18-12-26(7-8-27(18)25-17)19-21-6-5-16(23-19)14-9-13-3-1-2-4-15(13)22-11-14/h1-6,9,11H,7-8,12H2. The second kappa shape index (κ2) is 6.14. The highest BCUT2D eigenvalue weighted by molar-refractivity contribution is 5.82. The van der Waals surface area contributed by atoms with Crippen LogP contribution >= 0.6 is 0 Å². The smallest absolute Gasteiger partial charge is 0.252 e. The molecule has 8 nitrogen and oxygen atoms in total. The minimum absolute atomic E-state index is 0.198. The lowest BCUT2D eigenvalue weighted by atomic mass is 10.1. The van der Waals surface area contributed by atoms with E-state index in [-0.39, 0.29) is 5.82 Å². The fourth-order valence-corrected chi connectivity index (χ4v) is 3.23. The third kappa shape index (κ3) is 2.75. The minimum atomic E-state index is 0.198. The van der Waals surface area contributed by atoms with E-state index in [0.29, 0.717) is 25.6 Å². The molecule has 130 valence electrons. The van der Waals surface area contributed by atoms with Gasteiger partial charge in [-0.05, 0) is 18.2 Å². The van der Waals surface area contributed by atoms with Crippen LogP contribution in [0.2, 0.25) is 0 Å². The third-order valence-electron chi connectivity index (χ3n) is 4.57. The molecule has 8 heteroatoms. The van der Waals surface area contributed by atoms with Crippen LogP contribution in [0.15, 0.2) is 48.8 Å². The Balaban J connectivity index is 1.47. The number of rotatable bonds is 2. The molecule has 0 radical (unpaired) electrons. The first-order chi connectivity index (χ1) is 13.3. The molecule has 0 aliphatic carbocycles. The summed E-state index contributed by atoms with van der Waals surface area (Å²) in [6.07, 6.45) is 3.59. The predicted molar refractivity (Wildman–Crippen MR) is 98.6 cm³/mol. The first kappa shape index (κ1) is 15.4. The van der Waals surface area contributed by atoms with E-state index in [1.54, 1.807) is 10.9 Å².